The predicted octanol–water partition coefficient (Wildman–Crippen LogP) is 1.14. The zero-order valence-corrected chi connectivity index (χ0v) is 11.4. The number of hydrogen-bond acceptors (Lipinski definition) is 3. The summed E-state index contributed by atoms with van der Waals surface area (Å²) in [5.74, 6) is 0.770. The summed E-state index contributed by atoms with van der Waals surface area (Å²) in [6.45, 7) is 4.66. The van der Waals surface area contributed by atoms with E-state index in [9.17, 15) is 9.90 Å². The highest BCUT2D eigenvalue weighted by Crippen LogP contribution is 2.23. The van der Waals surface area contributed by atoms with E-state index in [1.165, 1.54) is 6.42 Å². The minimum absolute atomic E-state index is 0.0813. The maximum absolute atomic E-state index is 12.1. The quantitative estimate of drug-likeness (QED) is 0.791. The van der Waals surface area contributed by atoms with E-state index >= 15 is 0 Å². The van der Waals surface area contributed by atoms with Gasteiger partial charge in [0.1, 0.15) is 0 Å². The van der Waals surface area contributed by atoms with Gasteiger partial charge in [-0.1, -0.05) is 6.42 Å². The monoisotopic (exact) mass is 254 g/mol. The molecule has 104 valence electrons. The lowest BCUT2D eigenvalue weighted by atomic mass is 9.87. The molecular weight excluding hydrogens is 228 g/mol. The molecule has 4 heteroatoms. The molecule has 1 amide bonds. The summed E-state index contributed by atoms with van der Waals surface area (Å²) in [6.07, 6.45) is 6.28. The van der Waals surface area contributed by atoms with Gasteiger partial charge in [-0.3, -0.25) is 4.79 Å². The molecule has 1 saturated carbocycles. The lowest BCUT2D eigenvalue weighted by Crippen LogP contribution is -2.45. The van der Waals surface area contributed by atoms with Crippen LogP contribution in [-0.2, 0) is 4.79 Å². The molecule has 0 spiro atoms. The van der Waals surface area contributed by atoms with E-state index < -0.39 is 0 Å². The van der Waals surface area contributed by atoms with Crippen molar-refractivity contribution >= 4 is 5.91 Å². The number of likely N-dealkylation sites (tertiary alicyclic amines) is 1. The van der Waals surface area contributed by atoms with Crippen LogP contribution in [0.1, 0.15) is 45.4 Å². The Hall–Kier alpha value is -0.610. The maximum Gasteiger partial charge on any atom is 0.239 e. The Balaban J connectivity index is 1.70. The van der Waals surface area contributed by atoms with Crippen LogP contribution in [0.3, 0.4) is 0 Å². The van der Waals surface area contributed by atoms with Crippen molar-refractivity contribution < 1.29 is 9.90 Å². The molecule has 1 aliphatic heterocycles. The van der Waals surface area contributed by atoms with E-state index in [1.807, 2.05) is 11.8 Å². The van der Waals surface area contributed by atoms with Gasteiger partial charge in [0.05, 0.1) is 12.1 Å². The molecule has 0 aromatic carbocycles. The number of aliphatic hydroxyl groups is 1. The van der Waals surface area contributed by atoms with Crippen molar-refractivity contribution in [3.63, 3.8) is 0 Å². The number of amides is 1. The second-order valence-corrected chi connectivity index (χ2v) is 5.85. The Bertz CT molecular complexity index is 277. The fourth-order valence-electron chi connectivity index (χ4n) is 3.09. The first-order valence-corrected chi connectivity index (χ1v) is 7.37. The smallest absolute Gasteiger partial charge is 0.239 e. The van der Waals surface area contributed by atoms with Gasteiger partial charge in [0, 0.05) is 13.1 Å². The van der Waals surface area contributed by atoms with Crippen LogP contribution in [0.5, 0.6) is 0 Å². The van der Waals surface area contributed by atoms with Crippen molar-refractivity contribution in [1.29, 1.82) is 0 Å². The number of rotatable bonds is 4. The van der Waals surface area contributed by atoms with Gasteiger partial charge < -0.3 is 15.3 Å². The van der Waals surface area contributed by atoms with E-state index in [0.717, 1.165) is 51.7 Å². The highest BCUT2D eigenvalue weighted by atomic mass is 16.3. The first-order chi connectivity index (χ1) is 8.66. The number of aliphatic hydroxyl groups excluding tert-OH is 1. The Morgan fingerprint density at radius 1 is 1.33 bits per heavy atom. The largest absolute Gasteiger partial charge is 0.393 e. The Kier molecular flexibility index (Phi) is 5.01. The molecule has 3 atom stereocenters. The maximum atomic E-state index is 12.1. The van der Waals surface area contributed by atoms with Crippen LogP contribution in [0.2, 0.25) is 0 Å². The van der Waals surface area contributed by atoms with Crippen LogP contribution in [0, 0.1) is 5.92 Å². The standard InChI is InChI=1S/C14H26N2O2/c1-11(14(18)16-7-2-3-8-16)15-10-12-5-4-6-13(17)9-12/h11-13,15,17H,2-10H2,1H3. The minimum Gasteiger partial charge on any atom is -0.393 e. The van der Waals surface area contributed by atoms with Crippen LogP contribution >= 0.6 is 0 Å². The van der Waals surface area contributed by atoms with Gasteiger partial charge in [0.25, 0.3) is 0 Å². The van der Waals surface area contributed by atoms with Gasteiger partial charge in [0.2, 0.25) is 5.91 Å². The van der Waals surface area contributed by atoms with E-state index in [2.05, 4.69) is 5.32 Å². The number of hydrogen-bond donors (Lipinski definition) is 2. The zero-order valence-electron chi connectivity index (χ0n) is 11.4. The summed E-state index contributed by atoms with van der Waals surface area (Å²) in [5, 5.41) is 13.0. The van der Waals surface area contributed by atoms with Gasteiger partial charge in [-0.05, 0) is 51.5 Å². The van der Waals surface area contributed by atoms with Crippen LogP contribution in [-0.4, -0.2) is 47.7 Å². The molecule has 2 N–H and O–H groups in total. The first-order valence-electron chi connectivity index (χ1n) is 7.37. The summed E-state index contributed by atoms with van der Waals surface area (Å²) in [4.78, 5) is 14.1. The second-order valence-electron chi connectivity index (χ2n) is 5.85. The van der Waals surface area contributed by atoms with Gasteiger partial charge in [-0.2, -0.15) is 0 Å². The molecule has 2 aliphatic rings. The molecule has 0 aromatic heterocycles. The fraction of sp³-hybridized carbons (Fsp3) is 0.929. The van der Waals surface area contributed by atoms with Crippen molar-refractivity contribution in [3.8, 4) is 0 Å². The Morgan fingerprint density at radius 3 is 2.72 bits per heavy atom. The van der Waals surface area contributed by atoms with E-state index in [4.69, 9.17) is 0 Å². The molecule has 0 aromatic rings. The number of carbonyl (C=O) groups is 1. The molecule has 1 heterocycles. The average Bonchev–Trinajstić information content (AvgIpc) is 2.89. The lowest BCUT2D eigenvalue weighted by molar-refractivity contribution is -0.132. The summed E-state index contributed by atoms with van der Waals surface area (Å²) < 4.78 is 0. The van der Waals surface area contributed by atoms with Crippen LogP contribution in [0.25, 0.3) is 0 Å². The van der Waals surface area contributed by atoms with Crippen LogP contribution < -0.4 is 5.32 Å². The van der Waals surface area contributed by atoms with E-state index in [-0.39, 0.29) is 18.1 Å². The second kappa shape index (κ2) is 6.53. The van der Waals surface area contributed by atoms with Gasteiger partial charge >= 0.3 is 0 Å². The van der Waals surface area contributed by atoms with Crippen molar-refractivity contribution in [2.24, 2.45) is 5.92 Å². The van der Waals surface area contributed by atoms with Crippen molar-refractivity contribution in [2.75, 3.05) is 19.6 Å². The Morgan fingerprint density at radius 2 is 2.06 bits per heavy atom. The van der Waals surface area contributed by atoms with Crippen LogP contribution in [0.15, 0.2) is 0 Å². The zero-order chi connectivity index (χ0) is 13.0. The van der Waals surface area contributed by atoms with E-state index in [0.29, 0.717) is 5.92 Å². The van der Waals surface area contributed by atoms with Gasteiger partial charge in [-0.25, -0.2) is 0 Å². The normalized spacial score (nSPS) is 30.4. The molecule has 3 unspecified atom stereocenters. The SMILES string of the molecule is CC(NCC1CCCC(O)C1)C(=O)N1CCCC1. The third-order valence-electron chi connectivity index (χ3n) is 4.26. The molecule has 1 aliphatic carbocycles. The van der Waals surface area contributed by atoms with Crippen molar-refractivity contribution in [3.05, 3.63) is 0 Å². The number of nitrogens with one attached hydrogen (secondary N) is 1. The Labute approximate surface area is 110 Å². The molecule has 0 bridgehead atoms. The lowest BCUT2D eigenvalue weighted by Gasteiger charge is -2.28. The summed E-state index contributed by atoms with van der Waals surface area (Å²) in [5.41, 5.74) is 0. The van der Waals surface area contributed by atoms with Gasteiger partial charge in [0.15, 0.2) is 0 Å². The third kappa shape index (κ3) is 3.69. The summed E-state index contributed by atoms with van der Waals surface area (Å²) in [6, 6.07) is -0.0813. The molecule has 1 saturated heterocycles. The van der Waals surface area contributed by atoms with E-state index in [1.54, 1.807) is 0 Å². The molecule has 2 rings (SSSR count). The van der Waals surface area contributed by atoms with Crippen LogP contribution in [0.4, 0.5) is 0 Å². The minimum atomic E-state index is -0.130. The number of nitrogens with zero attached hydrogens (tertiary/aromatic N) is 1. The molecular formula is C14H26N2O2. The molecule has 18 heavy (non-hydrogen) atoms. The molecule has 2 fully saturated rings. The number of carbonyl (C=O) groups excluding carboxylic acids is 1. The average molecular weight is 254 g/mol. The topological polar surface area (TPSA) is 52.6 Å². The first kappa shape index (κ1) is 13.8. The third-order valence-corrected chi connectivity index (χ3v) is 4.26. The molecule has 4 nitrogen and oxygen atoms in total. The van der Waals surface area contributed by atoms with Crippen molar-refractivity contribution in [2.45, 2.75) is 57.6 Å². The summed E-state index contributed by atoms with van der Waals surface area (Å²) in [7, 11) is 0. The fourth-order valence-corrected chi connectivity index (χ4v) is 3.09. The highest BCUT2D eigenvalue weighted by Gasteiger charge is 2.25. The molecule has 0 radical (unpaired) electrons. The van der Waals surface area contributed by atoms with Gasteiger partial charge in [-0.15, -0.1) is 0 Å². The van der Waals surface area contributed by atoms with Crippen molar-refractivity contribution in [1.82, 2.24) is 10.2 Å². The highest BCUT2D eigenvalue weighted by molar-refractivity contribution is 5.81. The summed E-state index contributed by atoms with van der Waals surface area (Å²) >= 11 is 0. The predicted molar refractivity (Wildman–Crippen MR) is 71.2 cm³/mol.